The number of nitrogens with one attached hydrogen (secondary N) is 2. The minimum absolute atomic E-state index is 0.0359. The predicted octanol–water partition coefficient (Wildman–Crippen LogP) is 3.09. The van der Waals surface area contributed by atoms with Crippen molar-refractivity contribution in [3.05, 3.63) is 59.7 Å². The minimum atomic E-state index is 0.0359. The van der Waals surface area contributed by atoms with Crippen molar-refractivity contribution in [3.8, 4) is 5.75 Å². The monoisotopic (exact) mass is 366 g/mol. The molecule has 2 aromatic carbocycles. The Labute approximate surface area is 159 Å². The van der Waals surface area contributed by atoms with Crippen LogP contribution in [-0.4, -0.2) is 42.9 Å². The number of rotatable bonds is 8. The van der Waals surface area contributed by atoms with Gasteiger partial charge in [-0.05, 0) is 55.7 Å². The zero-order valence-electron chi connectivity index (χ0n) is 15.4. The highest BCUT2D eigenvalue weighted by molar-refractivity contribution is 5.95. The molecular weight excluding hydrogens is 340 g/mol. The number of carbonyl (C=O) groups excluding carboxylic acids is 1. The van der Waals surface area contributed by atoms with Crippen LogP contribution in [0.4, 0.5) is 5.69 Å². The van der Waals surface area contributed by atoms with Gasteiger partial charge in [0.05, 0.1) is 6.61 Å². The molecule has 0 saturated carbocycles. The van der Waals surface area contributed by atoms with Gasteiger partial charge in [0.15, 0.2) is 0 Å². The third-order valence-corrected chi connectivity index (χ3v) is 4.59. The van der Waals surface area contributed by atoms with E-state index in [1.54, 1.807) is 12.1 Å². The number of carbonyl (C=O) groups is 1. The Kier molecular flexibility index (Phi) is 6.30. The third-order valence-electron chi connectivity index (χ3n) is 4.59. The van der Waals surface area contributed by atoms with Crippen molar-refractivity contribution in [1.29, 1.82) is 5.41 Å². The molecule has 0 atom stereocenters. The van der Waals surface area contributed by atoms with Gasteiger partial charge in [-0.15, -0.1) is 0 Å². The Morgan fingerprint density at radius 2 is 1.85 bits per heavy atom. The highest BCUT2D eigenvalue weighted by atomic mass is 16.5. The van der Waals surface area contributed by atoms with Crippen LogP contribution in [-0.2, 0) is 0 Å². The van der Waals surface area contributed by atoms with Gasteiger partial charge in [-0.25, -0.2) is 0 Å². The summed E-state index contributed by atoms with van der Waals surface area (Å²) in [6, 6.07) is 14.9. The van der Waals surface area contributed by atoms with Gasteiger partial charge in [-0.1, -0.05) is 12.1 Å². The van der Waals surface area contributed by atoms with E-state index in [2.05, 4.69) is 5.32 Å². The molecule has 2 aromatic rings. The average molecular weight is 366 g/mol. The van der Waals surface area contributed by atoms with E-state index in [1.165, 1.54) is 0 Å². The second-order valence-electron chi connectivity index (χ2n) is 6.65. The molecule has 0 spiro atoms. The Morgan fingerprint density at radius 3 is 2.56 bits per heavy atom. The van der Waals surface area contributed by atoms with E-state index in [4.69, 9.17) is 15.9 Å². The van der Waals surface area contributed by atoms with Crippen molar-refractivity contribution in [2.45, 2.75) is 19.3 Å². The number of nitrogens with zero attached hydrogens (tertiary/aromatic N) is 1. The van der Waals surface area contributed by atoms with Crippen molar-refractivity contribution in [1.82, 2.24) is 4.90 Å². The molecule has 1 fully saturated rings. The molecule has 6 nitrogen and oxygen atoms in total. The van der Waals surface area contributed by atoms with Gasteiger partial charge in [0.1, 0.15) is 11.6 Å². The first-order valence-corrected chi connectivity index (χ1v) is 9.34. The summed E-state index contributed by atoms with van der Waals surface area (Å²) in [5, 5.41) is 10.8. The Balaban J connectivity index is 1.39. The fraction of sp³-hybridized carbons (Fsp3) is 0.333. The molecule has 1 amide bonds. The molecular formula is C21H26N4O2. The maximum atomic E-state index is 12.3. The van der Waals surface area contributed by atoms with Crippen LogP contribution in [0.5, 0.6) is 5.75 Å². The number of anilines is 1. The molecule has 6 heteroatoms. The van der Waals surface area contributed by atoms with Crippen LogP contribution in [0, 0.1) is 5.41 Å². The van der Waals surface area contributed by atoms with Crippen LogP contribution >= 0.6 is 0 Å². The SMILES string of the molecule is N=C(N)c1cccc(OCCCNc2ccc(C(=O)N3CCCC3)cc2)c1. The van der Waals surface area contributed by atoms with Gasteiger partial charge in [-0.3, -0.25) is 10.2 Å². The number of nitrogen functional groups attached to an aromatic ring is 1. The zero-order chi connectivity index (χ0) is 19.1. The Morgan fingerprint density at radius 1 is 1.11 bits per heavy atom. The summed E-state index contributed by atoms with van der Waals surface area (Å²) in [6.07, 6.45) is 3.04. The lowest BCUT2D eigenvalue weighted by atomic mass is 10.2. The van der Waals surface area contributed by atoms with Crippen molar-refractivity contribution >= 4 is 17.4 Å². The van der Waals surface area contributed by atoms with Crippen LogP contribution in [0.1, 0.15) is 35.2 Å². The summed E-state index contributed by atoms with van der Waals surface area (Å²) in [6.45, 7) is 3.08. The van der Waals surface area contributed by atoms with Gasteiger partial charge < -0.3 is 20.7 Å². The van der Waals surface area contributed by atoms with Crippen molar-refractivity contribution in [2.24, 2.45) is 5.73 Å². The van der Waals surface area contributed by atoms with Gasteiger partial charge in [0.2, 0.25) is 0 Å². The van der Waals surface area contributed by atoms with Crippen molar-refractivity contribution in [3.63, 3.8) is 0 Å². The minimum Gasteiger partial charge on any atom is -0.494 e. The lowest BCUT2D eigenvalue weighted by Gasteiger charge is -2.15. The van der Waals surface area contributed by atoms with E-state index in [9.17, 15) is 4.79 Å². The maximum Gasteiger partial charge on any atom is 0.253 e. The van der Waals surface area contributed by atoms with Crippen LogP contribution in [0.3, 0.4) is 0 Å². The molecule has 0 radical (unpaired) electrons. The van der Waals surface area contributed by atoms with E-state index in [1.807, 2.05) is 41.3 Å². The van der Waals surface area contributed by atoms with E-state index in [-0.39, 0.29) is 11.7 Å². The molecule has 1 saturated heterocycles. The summed E-state index contributed by atoms with van der Waals surface area (Å²) >= 11 is 0. The molecule has 0 aliphatic carbocycles. The average Bonchev–Trinajstić information content (AvgIpc) is 3.23. The van der Waals surface area contributed by atoms with Crippen molar-refractivity contribution in [2.75, 3.05) is 31.6 Å². The molecule has 0 unspecified atom stereocenters. The number of amidine groups is 1. The number of nitrogens with two attached hydrogens (primary N) is 1. The summed E-state index contributed by atoms with van der Waals surface area (Å²) < 4.78 is 5.70. The van der Waals surface area contributed by atoms with Gasteiger partial charge in [0, 0.05) is 36.4 Å². The maximum absolute atomic E-state index is 12.3. The van der Waals surface area contributed by atoms with E-state index in [0.29, 0.717) is 17.9 Å². The van der Waals surface area contributed by atoms with Crippen LogP contribution in [0.2, 0.25) is 0 Å². The summed E-state index contributed by atoms with van der Waals surface area (Å²) in [4.78, 5) is 14.2. The smallest absolute Gasteiger partial charge is 0.253 e. The summed E-state index contributed by atoms with van der Waals surface area (Å²) in [5.41, 5.74) is 7.88. The van der Waals surface area contributed by atoms with Crippen LogP contribution in [0.15, 0.2) is 48.5 Å². The number of benzene rings is 2. The highest BCUT2D eigenvalue weighted by Gasteiger charge is 2.18. The Hall–Kier alpha value is -3.02. The quantitative estimate of drug-likeness (QED) is 0.380. The highest BCUT2D eigenvalue weighted by Crippen LogP contribution is 2.16. The number of ether oxygens (including phenoxy) is 1. The third kappa shape index (κ3) is 5.23. The molecule has 1 heterocycles. The van der Waals surface area contributed by atoms with Crippen LogP contribution in [0.25, 0.3) is 0 Å². The molecule has 1 aliphatic heterocycles. The van der Waals surface area contributed by atoms with E-state index < -0.39 is 0 Å². The molecule has 0 bridgehead atoms. The standard InChI is InChI=1S/C21H26N4O2/c22-20(23)17-5-3-6-19(15-17)27-14-4-11-24-18-9-7-16(8-10-18)21(26)25-12-1-2-13-25/h3,5-10,15,24H,1-2,4,11-14H2,(H3,22,23). The molecule has 27 heavy (non-hydrogen) atoms. The Bertz CT molecular complexity index is 783. The lowest BCUT2D eigenvalue weighted by molar-refractivity contribution is 0.0793. The van der Waals surface area contributed by atoms with E-state index >= 15 is 0 Å². The fourth-order valence-electron chi connectivity index (χ4n) is 3.08. The zero-order valence-corrected chi connectivity index (χ0v) is 15.4. The topological polar surface area (TPSA) is 91.4 Å². The first kappa shape index (κ1) is 18.8. The fourth-order valence-corrected chi connectivity index (χ4v) is 3.08. The molecule has 142 valence electrons. The first-order chi connectivity index (χ1) is 13.1. The lowest BCUT2D eigenvalue weighted by Crippen LogP contribution is -2.27. The number of likely N-dealkylation sites (tertiary alicyclic amines) is 1. The van der Waals surface area contributed by atoms with Crippen LogP contribution < -0.4 is 15.8 Å². The first-order valence-electron chi connectivity index (χ1n) is 9.34. The predicted molar refractivity (Wildman–Crippen MR) is 108 cm³/mol. The van der Waals surface area contributed by atoms with Crippen molar-refractivity contribution < 1.29 is 9.53 Å². The van der Waals surface area contributed by atoms with E-state index in [0.717, 1.165) is 50.1 Å². The largest absolute Gasteiger partial charge is 0.494 e. The van der Waals surface area contributed by atoms with Gasteiger partial charge >= 0.3 is 0 Å². The van der Waals surface area contributed by atoms with Gasteiger partial charge in [-0.2, -0.15) is 0 Å². The number of hydrogen-bond acceptors (Lipinski definition) is 4. The number of hydrogen-bond donors (Lipinski definition) is 3. The normalized spacial score (nSPS) is 13.4. The van der Waals surface area contributed by atoms with Gasteiger partial charge in [0.25, 0.3) is 5.91 Å². The second-order valence-corrected chi connectivity index (χ2v) is 6.65. The summed E-state index contributed by atoms with van der Waals surface area (Å²) in [5.74, 6) is 0.876. The molecule has 3 rings (SSSR count). The molecule has 4 N–H and O–H groups in total. The second kappa shape index (κ2) is 9.07. The molecule has 1 aliphatic rings. The number of amides is 1. The summed E-state index contributed by atoms with van der Waals surface area (Å²) in [7, 11) is 0. The molecule has 0 aromatic heterocycles.